The summed E-state index contributed by atoms with van der Waals surface area (Å²) in [6.45, 7) is 1.01. The van der Waals surface area contributed by atoms with Gasteiger partial charge in [-0.15, -0.1) is 0 Å². The molecule has 0 fully saturated rings. The minimum atomic E-state index is -3.58. The van der Waals surface area contributed by atoms with Crippen LogP contribution in [0.25, 0.3) is 0 Å². The van der Waals surface area contributed by atoms with E-state index in [9.17, 15) is 16.8 Å². The van der Waals surface area contributed by atoms with Gasteiger partial charge in [-0.25, -0.2) is 26.3 Å². The Morgan fingerprint density at radius 2 is 1.77 bits per heavy atom. The lowest BCUT2D eigenvalue weighted by Crippen LogP contribution is -2.25. The summed E-state index contributed by atoms with van der Waals surface area (Å²) in [6, 6.07) is 11.7. The van der Waals surface area contributed by atoms with Crippen LogP contribution in [0.1, 0.15) is 5.56 Å². The van der Waals surface area contributed by atoms with E-state index in [1.54, 1.807) is 36.4 Å². The van der Waals surface area contributed by atoms with Gasteiger partial charge in [-0.2, -0.15) is 0 Å². The molecule has 1 aliphatic rings. The molecule has 0 aliphatic carbocycles. The fourth-order valence-corrected chi connectivity index (χ4v) is 4.08. The second-order valence-electron chi connectivity index (χ2n) is 5.82. The van der Waals surface area contributed by atoms with Crippen LogP contribution in [0, 0.1) is 0 Å². The van der Waals surface area contributed by atoms with Gasteiger partial charge >= 0.3 is 0 Å². The Hall–Kier alpha value is -2.14. The van der Waals surface area contributed by atoms with Crippen LogP contribution in [0.5, 0.6) is 11.5 Å². The fraction of sp³-hybridized carbons (Fsp3) is 0.250. The largest absolute Gasteiger partial charge is 0.457 e. The van der Waals surface area contributed by atoms with E-state index in [1.807, 2.05) is 0 Å². The number of benzene rings is 2. The molecule has 0 aromatic heterocycles. The lowest BCUT2D eigenvalue weighted by molar-refractivity contribution is 0.480. The molecular weight excluding hydrogens is 378 g/mol. The molecule has 3 N–H and O–H groups in total. The molecule has 1 aliphatic heterocycles. The third-order valence-corrected chi connectivity index (χ3v) is 5.84. The Morgan fingerprint density at radius 1 is 1.08 bits per heavy atom. The maximum Gasteiger partial charge on any atom is 0.242 e. The van der Waals surface area contributed by atoms with Gasteiger partial charge in [0.1, 0.15) is 16.4 Å². The molecule has 8 nitrogen and oxygen atoms in total. The Balaban J connectivity index is 1.76. The summed E-state index contributed by atoms with van der Waals surface area (Å²) in [5, 5.41) is 3.05. The van der Waals surface area contributed by atoms with Crippen molar-refractivity contribution in [3.63, 3.8) is 0 Å². The standard InChI is InChI=1S/C16H19N3O5S2/c1-25(20,21)19-11-12-2-4-13(5-3-12)24-14-6-7-15-16(10-14)26(22,23)18-9-8-17-15/h2-7,10,17-19H,8-9,11H2,1H3. The van der Waals surface area contributed by atoms with E-state index >= 15 is 0 Å². The van der Waals surface area contributed by atoms with Gasteiger partial charge in [0.15, 0.2) is 0 Å². The molecule has 0 atom stereocenters. The van der Waals surface area contributed by atoms with E-state index in [-0.39, 0.29) is 11.4 Å². The summed E-state index contributed by atoms with van der Waals surface area (Å²) in [5.41, 5.74) is 1.31. The maximum atomic E-state index is 12.2. The average molecular weight is 397 g/mol. The monoisotopic (exact) mass is 397 g/mol. The van der Waals surface area contributed by atoms with Crippen molar-refractivity contribution >= 4 is 25.7 Å². The van der Waals surface area contributed by atoms with Gasteiger partial charge in [0, 0.05) is 25.7 Å². The predicted octanol–water partition coefficient (Wildman–Crippen LogP) is 1.23. The van der Waals surface area contributed by atoms with Gasteiger partial charge in [-0.05, 0) is 29.8 Å². The first-order valence-corrected chi connectivity index (χ1v) is 11.2. The van der Waals surface area contributed by atoms with Crippen LogP contribution in [0.15, 0.2) is 47.4 Å². The van der Waals surface area contributed by atoms with Crippen molar-refractivity contribution in [3.8, 4) is 11.5 Å². The summed E-state index contributed by atoms with van der Waals surface area (Å²) in [4.78, 5) is 0.140. The van der Waals surface area contributed by atoms with Gasteiger partial charge in [0.2, 0.25) is 20.0 Å². The molecule has 0 saturated carbocycles. The normalized spacial score (nSPS) is 16.2. The van der Waals surface area contributed by atoms with Crippen LogP contribution in [0.2, 0.25) is 0 Å². The Morgan fingerprint density at radius 3 is 2.46 bits per heavy atom. The highest BCUT2D eigenvalue weighted by molar-refractivity contribution is 7.89. The van der Waals surface area contributed by atoms with Crippen LogP contribution in [0.4, 0.5) is 5.69 Å². The molecular formula is C16H19N3O5S2. The molecule has 0 unspecified atom stereocenters. The molecule has 1 heterocycles. The number of anilines is 1. The van der Waals surface area contributed by atoms with Crippen molar-refractivity contribution in [3.05, 3.63) is 48.0 Å². The molecule has 0 radical (unpaired) electrons. The number of nitrogens with one attached hydrogen (secondary N) is 3. The third-order valence-electron chi connectivity index (χ3n) is 3.67. The first-order chi connectivity index (χ1) is 12.2. The molecule has 3 rings (SSSR count). The topological polar surface area (TPSA) is 114 Å². The van der Waals surface area contributed by atoms with Crippen molar-refractivity contribution < 1.29 is 21.6 Å². The fourth-order valence-electron chi connectivity index (χ4n) is 2.42. The lowest BCUT2D eigenvalue weighted by atomic mass is 10.2. The van der Waals surface area contributed by atoms with Crippen molar-refractivity contribution in [1.29, 1.82) is 0 Å². The van der Waals surface area contributed by atoms with Gasteiger partial charge in [-0.1, -0.05) is 12.1 Å². The first-order valence-electron chi connectivity index (χ1n) is 7.82. The van der Waals surface area contributed by atoms with E-state index in [4.69, 9.17) is 4.74 Å². The van der Waals surface area contributed by atoms with Crippen LogP contribution in [-0.2, 0) is 26.6 Å². The number of fused-ring (bicyclic) bond motifs is 1. The molecule has 26 heavy (non-hydrogen) atoms. The van der Waals surface area contributed by atoms with Crippen molar-refractivity contribution in [2.24, 2.45) is 0 Å². The summed E-state index contributed by atoms with van der Waals surface area (Å²) >= 11 is 0. The summed E-state index contributed by atoms with van der Waals surface area (Å²) in [5.74, 6) is 0.903. The number of rotatable bonds is 5. The third kappa shape index (κ3) is 4.73. The SMILES string of the molecule is CS(=O)(=O)NCc1ccc(Oc2ccc3c(c2)S(=O)(=O)NCCN3)cc1. The quantitative estimate of drug-likeness (QED) is 0.699. The lowest BCUT2D eigenvalue weighted by Gasteiger charge is -2.11. The molecule has 0 saturated heterocycles. The van der Waals surface area contributed by atoms with E-state index < -0.39 is 20.0 Å². The van der Waals surface area contributed by atoms with Crippen LogP contribution < -0.4 is 19.5 Å². The van der Waals surface area contributed by atoms with E-state index in [0.717, 1.165) is 11.8 Å². The van der Waals surface area contributed by atoms with Crippen LogP contribution in [0.3, 0.4) is 0 Å². The van der Waals surface area contributed by atoms with E-state index in [2.05, 4.69) is 14.8 Å². The first kappa shape index (κ1) is 18.6. The second kappa shape index (κ2) is 7.23. The van der Waals surface area contributed by atoms with E-state index in [0.29, 0.717) is 30.3 Å². The number of hydrogen-bond donors (Lipinski definition) is 3. The zero-order valence-electron chi connectivity index (χ0n) is 14.0. The summed E-state index contributed by atoms with van der Waals surface area (Å²) in [6.07, 6.45) is 1.10. The molecule has 0 bridgehead atoms. The van der Waals surface area contributed by atoms with Gasteiger partial charge in [0.25, 0.3) is 0 Å². The molecule has 10 heteroatoms. The van der Waals surface area contributed by atoms with E-state index in [1.165, 1.54) is 6.07 Å². The Labute approximate surface area is 152 Å². The van der Waals surface area contributed by atoms with Crippen molar-refractivity contribution in [2.75, 3.05) is 24.7 Å². The average Bonchev–Trinajstić information content (AvgIpc) is 2.72. The number of hydrogen-bond acceptors (Lipinski definition) is 6. The highest BCUT2D eigenvalue weighted by atomic mass is 32.2. The Bertz CT molecular complexity index is 1000. The Kier molecular flexibility index (Phi) is 5.19. The summed E-state index contributed by atoms with van der Waals surface area (Å²) in [7, 11) is -6.83. The van der Waals surface area contributed by atoms with Crippen LogP contribution in [-0.4, -0.2) is 36.2 Å². The summed E-state index contributed by atoms with van der Waals surface area (Å²) < 4.78 is 57.3. The molecule has 0 spiro atoms. The van der Waals surface area contributed by atoms with Crippen molar-refractivity contribution in [1.82, 2.24) is 9.44 Å². The molecule has 0 amide bonds. The molecule has 2 aromatic carbocycles. The predicted molar refractivity (Wildman–Crippen MR) is 98.3 cm³/mol. The van der Waals surface area contributed by atoms with Gasteiger partial charge in [0.05, 0.1) is 11.9 Å². The minimum absolute atomic E-state index is 0.140. The maximum absolute atomic E-state index is 12.2. The second-order valence-corrected chi connectivity index (χ2v) is 9.39. The van der Waals surface area contributed by atoms with Gasteiger partial charge in [-0.3, -0.25) is 0 Å². The molecule has 140 valence electrons. The zero-order chi connectivity index (χ0) is 18.8. The minimum Gasteiger partial charge on any atom is -0.457 e. The number of ether oxygens (including phenoxy) is 1. The highest BCUT2D eigenvalue weighted by Crippen LogP contribution is 2.30. The smallest absolute Gasteiger partial charge is 0.242 e. The molecule has 2 aromatic rings. The number of sulfonamides is 2. The van der Waals surface area contributed by atoms with Crippen molar-refractivity contribution in [2.45, 2.75) is 11.4 Å². The highest BCUT2D eigenvalue weighted by Gasteiger charge is 2.22. The van der Waals surface area contributed by atoms with Crippen LogP contribution >= 0.6 is 0 Å². The zero-order valence-corrected chi connectivity index (χ0v) is 15.7. The van der Waals surface area contributed by atoms with Gasteiger partial charge < -0.3 is 10.1 Å².